The van der Waals surface area contributed by atoms with Gasteiger partial charge in [0.15, 0.2) is 6.29 Å². The summed E-state index contributed by atoms with van der Waals surface area (Å²) in [7, 11) is 0. The summed E-state index contributed by atoms with van der Waals surface area (Å²) in [6.45, 7) is 2.60. The van der Waals surface area contributed by atoms with Gasteiger partial charge in [-0.15, -0.1) is 0 Å². The third-order valence-corrected chi connectivity index (χ3v) is 2.44. The van der Waals surface area contributed by atoms with Gasteiger partial charge in [0.25, 0.3) is 0 Å². The molecule has 0 bridgehead atoms. The fourth-order valence-corrected chi connectivity index (χ4v) is 1.58. The van der Waals surface area contributed by atoms with Crippen LogP contribution in [0.2, 0.25) is 0 Å². The van der Waals surface area contributed by atoms with E-state index < -0.39 is 0 Å². The molecule has 1 amide bonds. The summed E-state index contributed by atoms with van der Waals surface area (Å²) in [4.78, 5) is 23.9. The highest BCUT2D eigenvalue weighted by Gasteiger charge is 2.17. The van der Waals surface area contributed by atoms with Gasteiger partial charge in [-0.2, -0.15) is 5.10 Å². The molecule has 1 aliphatic rings. The first-order chi connectivity index (χ1) is 7.79. The van der Waals surface area contributed by atoms with Gasteiger partial charge in [0.05, 0.1) is 13.2 Å². The summed E-state index contributed by atoms with van der Waals surface area (Å²) in [6.07, 6.45) is 2.29. The largest absolute Gasteiger partial charge is 0.378 e. The second-order valence-electron chi connectivity index (χ2n) is 3.55. The molecule has 2 rings (SSSR count). The van der Waals surface area contributed by atoms with Gasteiger partial charge in [-0.05, 0) is 6.07 Å². The molecule has 0 spiro atoms. The van der Waals surface area contributed by atoms with E-state index in [-0.39, 0.29) is 12.5 Å². The van der Waals surface area contributed by atoms with E-state index in [2.05, 4.69) is 5.10 Å². The number of morpholine rings is 1. The van der Waals surface area contributed by atoms with Crippen molar-refractivity contribution in [1.29, 1.82) is 0 Å². The number of rotatable bonds is 3. The number of hydrogen-bond donors (Lipinski definition) is 0. The van der Waals surface area contributed by atoms with Crippen LogP contribution in [0.5, 0.6) is 0 Å². The van der Waals surface area contributed by atoms with Crippen molar-refractivity contribution in [3.63, 3.8) is 0 Å². The molecule has 0 saturated carbocycles. The lowest BCUT2D eigenvalue weighted by Crippen LogP contribution is -2.42. The molecule has 6 heteroatoms. The first kappa shape index (κ1) is 10.8. The Hall–Kier alpha value is -1.69. The maximum absolute atomic E-state index is 11.8. The van der Waals surface area contributed by atoms with Gasteiger partial charge >= 0.3 is 0 Å². The number of amides is 1. The second kappa shape index (κ2) is 4.89. The summed E-state index contributed by atoms with van der Waals surface area (Å²) in [5.74, 6) is 0.00356. The SMILES string of the molecule is O=Cc1ccn(CC(=O)N2CCOCC2)n1. The molecule has 86 valence electrons. The van der Waals surface area contributed by atoms with Gasteiger partial charge < -0.3 is 9.64 Å². The average Bonchev–Trinajstić information content (AvgIpc) is 2.78. The van der Waals surface area contributed by atoms with E-state index >= 15 is 0 Å². The van der Waals surface area contributed by atoms with Crippen molar-refractivity contribution in [2.45, 2.75) is 6.54 Å². The van der Waals surface area contributed by atoms with E-state index in [0.717, 1.165) is 0 Å². The van der Waals surface area contributed by atoms with Gasteiger partial charge in [-0.3, -0.25) is 14.3 Å². The van der Waals surface area contributed by atoms with Gasteiger partial charge in [0.2, 0.25) is 5.91 Å². The smallest absolute Gasteiger partial charge is 0.244 e. The summed E-state index contributed by atoms with van der Waals surface area (Å²) in [6, 6.07) is 1.58. The fraction of sp³-hybridized carbons (Fsp3) is 0.500. The van der Waals surface area contributed by atoms with E-state index in [1.54, 1.807) is 17.2 Å². The molecule has 0 unspecified atom stereocenters. The van der Waals surface area contributed by atoms with Crippen LogP contribution >= 0.6 is 0 Å². The molecule has 0 atom stereocenters. The Morgan fingerprint density at radius 2 is 2.25 bits per heavy atom. The highest BCUT2D eigenvalue weighted by Crippen LogP contribution is 2.00. The Bertz CT molecular complexity index is 382. The average molecular weight is 223 g/mol. The quantitative estimate of drug-likeness (QED) is 0.651. The van der Waals surface area contributed by atoms with E-state index in [9.17, 15) is 9.59 Å². The molecule has 0 N–H and O–H groups in total. The third-order valence-electron chi connectivity index (χ3n) is 2.44. The minimum absolute atomic E-state index is 0.00356. The molecule has 0 radical (unpaired) electrons. The molecule has 16 heavy (non-hydrogen) atoms. The lowest BCUT2D eigenvalue weighted by atomic mass is 10.4. The zero-order valence-electron chi connectivity index (χ0n) is 8.83. The van der Waals surface area contributed by atoms with Crippen LogP contribution in [0, 0.1) is 0 Å². The van der Waals surface area contributed by atoms with Crippen molar-refractivity contribution in [3.05, 3.63) is 18.0 Å². The fourth-order valence-electron chi connectivity index (χ4n) is 1.58. The number of ether oxygens (including phenoxy) is 1. The molecule has 1 aliphatic heterocycles. The first-order valence-corrected chi connectivity index (χ1v) is 5.14. The highest BCUT2D eigenvalue weighted by atomic mass is 16.5. The molecule has 1 fully saturated rings. The predicted octanol–water partition coefficient (Wildman–Crippen LogP) is -0.446. The molecule has 1 aromatic rings. The minimum atomic E-state index is 0.00356. The van der Waals surface area contributed by atoms with Crippen molar-refractivity contribution in [2.24, 2.45) is 0 Å². The summed E-state index contributed by atoms with van der Waals surface area (Å²) in [5, 5.41) is 3.93. The standard InChI is InChI=1S/C10H13N3O3/c14-8-9-1-2-13(11-9)7-10(15)12-3-5-16-6-4-12/h1-2,8H,3-7H2. The van der Waals surface area contributed by atoms with Crippen LogP contribution in [0.4, 0.5) is 0 Å². The Balaban J connectivity index is 1.92. The Morgan fingerprint density at radius 1 is 1.50 bits per heavy atom. The predicted molar refractivity (Wildman–Crippen MR) is 55.0 cm³/mol. The third kappa shape index (κ3) is 2.46. The molecular formula is C10H13N3O3. The van der Waals surface area contributed by atoms with Crippen LogP contribution in [0.25, 0.3) is 0 Å². The normalized spacial score (nSPS) is 16.1. The Morgan fingerprint density at radius 3 is 2.88 bits per heavy atom. The van der Waals surface area contributed by atoms with Gasteiger partial charge in [0, 0.05) is 19.3 Å². The number of hydrogen-bond acceptors (Lipinski definition) is 4. The zero-order chi connectivity index (χ0) is 11.4. The van der Waals surface area contributed by atoms with E-state index in [1.807, 2.05) is 0 Å². The molecule has 6 nitrogen and oxygen atoms in total. The first-order valence-electron chi connectivity index (χ1n) is 5.14. The lowest BCUT2D eigenvalue weighted by molar-refractivity contribution is -0.136. The second-order valence-corrected chi connectivity index (χ2v) is 3.55. The van der Waals surface area contributed by atoms with Crippen LogP contribution in [0.15, 0.2) is 12.3 Å². The topological polar surface area (TPSA) is 64.4 Å². The number of aromatic nitrogens is 2. The monoisotopic (exact) mass is 223 g/mol. The van der Waals surface area contributed by atoms with Crippen molar-refractivity contribution in [3.8, 4) is 0 Å². The van der Waals surface area contributed by atoms with E-state index in [0.29, 0.717) is 38.3 Å². The van der Waals surface area contributed by atoms with Crippen molar-refractivity contribution < 1.29 is 14.3 Å². The Labute approximate surface area is 92.8 Å². The van der Waals surface area contributed by atoms with Crippen LogP contribution in [0.1, 0.15) is 10.5 Å². The van der Waals surface area contributed by atoms with E-state index in [1.165, 1.54) is 4.68 Å². The molecule has 2 heterocycles. The Kier molecular flexibility index (Phi) is 3.31. The molecule has 0 aliphatic carbocycles. The summed E-state index contributed by atoms with van der Waals surface area (Å²) in [5.41, 5.74) is 0.342. The lowest BCUT2D eigenvalue weighted by Gasteiger charge is -2.26. The summed E-state index contributed by atoms with van der Waals surface area (Å²) < 4.78 is 6.63. The van der Waals surface area contributed by atoms with Crippen molar-refractivity contribution in [1.82, 2.24) is 14.7 Å². The zero-order valence-corrected chi connectivity index (χ0v) is 8.83. The highest BCUT2D eigenvalue weighted by molar-refractivity contribution is 5.76. The van der Waals surface area contributed by atoms with Gasteiger partial charge in [-0.1, -0.05) is 0 Å². The van der Waals surface area contributed by atoms with Gasteiger partial charge in [0.1, 0.15) is 12.2 Å². The summed E-state index contributed by atoms with van der Waals surface area (Å²) >= 11 is 0. The van der Waals surface area contributed by atoms with Crippen LogP contribution in [0.3, 0.4) is 0 Å². The minimum Gasteiger partial charge on any atom is -0.378 e. The van der Waals surface area contributed by atoms with Crippen LogP contribution in [-0.4, -0.2) is 53.2 Å². The number of nitrogens with zero attached hydrogens (tertiary/aromatic N) is 3. The van der Waals surface area contributed by atoms with Crippen molar-refractivity contribution >= 4 is 12.2 Å². The molecular weight excluding hydrogens is 210 g/mol. The molecule has 1 saturated heterocycles. The number of aldehydes is 1. The maximum Gasteiger partial charge on any atom is 0.244 e. The van der Waals surface area contributed by atoms with Gasteiger partial charge in [-0.25, -0.2) is 0 Å². The number of carbonyl (C=O) groups excluding carboxylic acids is 2. The molecule has 1 aromatic heterocycles. The number of carbonyl (C=O) groups is 2. The molecule has 0 aromatic carbocycles. The van der Waals surface area contributed by atoms with Crippen molar-refractivity contribution in [2.75, 3.05) is 26.3 Å². The van der Waals surface area contributed by atoms with Crippen LogP contribution < -0.4 is 0 Å². The van der Waals surface area contributed by atoms with Crippen LogP contribution in [-0.2, 0) is 16.1 Å². The maximum atomic E-state index is 11.8. The van der Waals surface area contributed by atoms with E-state index in [4.69, 9.17) is 4.74 Å².